The molecule has 1 aromatic carbocycles. The van der Waals surface area contributed by atoms with Crippen LogP contribution in [-0.2, 0) is 4.79 Å². The van der Waals surface area contributed by atoms with E-state index >= 15 is 0 Å². The first-order chi connectivity index (χ1) is 7.83. The van der Waals surface area contributed by atoms with Crippen molar-refractivity contribution in [2.75, 3.05) is 0 Å². The van der Waals surface area contributed by atoms with Gasteiger partial charge in [0, 0.05) is 6.42 Å². The van der Waals surface area contributed by atoms with Gasteiger partial charge >= 0.3 is 0 Å². The second-order valence-corrected chi connectivity index (χ2v) is 4.51. The molecular weight excluding hydrogens is 196 g/mol. The van der Waals surface area contributed by atoms with E-state index < -0.39 is 0 Å². The Morgan fingerprint density at radius 2 is 2.12 bits per heavy atom. The van der Waals surface area contributed by atoms with E-state index in [1.807, 2.05) is 6.07 Å². The van der Waals surface area contributed by atoms with Gasteiger partial charge in [-0.15, -0.1) is 0 Å². The van der Waals surface area contributed by atoms with Crippen LogP contribution in [0.15, 0.2) is 35.9 Å². The Kier molecular flexibility index (Phi) is 3.55. The Morgan fingerprint density at radius 3 is 2.81 bits per heavy atom. The Hall–Kier alpha value is -1.37. The SMILES string of the molecule is C/C(=C1\CCCC1CC=O)c1ccccc1. The van der Waals surface area contributed by atoms with E-state index in [1.165, 1.54) is 36.0 Å². The fraction of sp³-hybridized carbons (Fsp3) is 0.400. The standard InChI is InChI=1S/C15H18O/c1-12(13-6-3-2-4-7-13)15-9-5-8-14(15)10-11-16/h2-4,6-7,11,14H,5,8-10H2,1H3/b15-12-. The highest BCUT2D eigenvalue weighted by Gasteiger charge is 2.22. The topological polar surface area (TPSA) is 17.1 Å². The van der Waals surface area contributed by atoms with E-state index in [0.717, 1.165) is 6.29 Å². The zero-order valence-corrected chi connectivity index (χ0v) is 9.78. The summed E-state index contributed by atoms with van der Waals surface area (Å²) in [7, 11) is 0. The van der Waals surface area contributed by atoms with E-state index in [2.05, 4.69) is 31.2 Å². The molecule has 2 rings (SSSR count). The van der Waals surface area contributed by atoms with Gasteiger partial charge in [0.25, 0.3) is 0 Å². The number of carbonyl (C=O) groups is 1. The summed E-state index contributed by atoms with van der Waals surface area (Å²) >= 11 is 0. The Morgan fingerprint density at radius 1 is 1.38 bits per heavy atom. The molecule has 1 aliphatic carbocycles. The summed E-state index contributed by atoms with van der Waals surface area (Å²) in [5.74, 6) is 0.498. The third-order valence-corrected chi connectivity index (χ3v) is 3.56. The second kappa shape index (κ2) is 5.11. The Balaban J connectivity index is 2.29. The van der Waals surface area contributed by atoms with Gasteiger partial charge in [0.15, 0.2) is 0 Å². The minimum absolute atomic E-state index is 0.498. The molecule has 0 heterocycles. The summed E-state index contributed by atoms with van der Waals surface area (Å²) in [6, 6.07) is 10.5. The van der Waals surface area contributed by atoms with Crippen LogP contribution in [0.2, 0.25) is 0 Å². The minimum Gasteiger partial charge on any atom is -0.303 e. The van der Waals surface area contributed by atoms with Crippen LogP contribution in [0.4, 0.5) is 0 Å². The van der Waals surface area contributed by atoms with E-state index in [4.69, 9.17) is 0 Å². The molecule has 1 saturated carbocycles. The average Bonchev–Trinajstić information content (AvgIpc) is 2.78. The van der Waals surface area contributed by atoms with Gasteiger partial charge in [-0.3, -0.25) is 0 Å². The van der Waals surface area contributed by atoms with Crippen molar-refractivity contribution in [3.8, 4) is 0 Å². The third kappa shape index (κ3) is 2.24. The molecule has 0 bridgehead atoms. The van der Waals surface area contributed by atoms with E-state index in [9.17, 15) is 4.79 Å². The van der Waals surface area contributed by atoms with Crippen molar-refractivity contribution in [3.05, 3.63) is 41.5 Å². The number of benzene rings is 1. The number of hydrogen-bond donors (Lipinski definition) is 0. The highest BCUT2D eigenvalue weighted by Crippen LogP contribution is 2.37. The Bertz CT molecular complexity index is 389. The largest absolute Gasteiger partial charge is 0.303 e. The van der Waals surface area contributed by atoms with Gasteiger partial charge in [0.2, 0.25) is 0 Å². The van der Waals surface area contributed by atoms with Gasteiger partial charge in [0.1, 0.15) is 6.29 Å². The lowest BCUT2D eigenvalue weighted by Crippen LogP contribution is -1.99. The molecule has 1 aromatic rings. The highest BCUT2D eigenvalue weighted by atomic mass is 16.1. The monoisotopic (exact) mass is 214 g/mol. The molecule has 0 N–H and O–H groups in total. The summed E-state index contributed by atoms with van der Waals surface area (Å²) in [5, 5.41) is 0. The molecule has 0 aromatic heterocycles. The predicted molar refractivity (Wildman–Crippen MR) is 67.1 cm³/mol. The Labute approximate surface area is 97.2 Å². The van der Waals surface area contributed by atoms with Crippen molar-refractivity contribution in [1.82, 2.24) is 0 Å². The highest BCUT2D eigenvalue weighted by molar-refractivity contribution is 5.68. The molecule has 1 unspecified atom stereocenters. The van der Waals surface area contributed by atoms with Crippen molar-refractivity contribution >= 4 is 11.9 Å². The van der Waals surface area contributed by atoms with Gasteiger partial charge in [-0.1, -0.05) is 35.9 Å². The van der Waals surface area contributed by atoms with Crippen LogP contribution in [0.1, 0.15) is 38.2 Å². The molecule has 0 spiro atoms. The van der Waals surface area contributed by atoms with Crippen LogP contribution in [0.25, 0.3) is 5.57 Å². The molecular formula is C15H18O. The minimum atomic E-state index is 0.498. The summed E-state index contributed by atoms with van der Waals surface area (Å²) in [5.41, 5.74) is 4.18. The smallest absolute Gasteiger partial charge is 0.120 e. The molecule has 1 fully saturated rings. The third-order valence-electron chi connectivity index (χ3n) is 3.56. The van der Waals surface area contributed by atoms with Crippen LogP contribution in [0, 0.1) is 5.92 Å². The molecule has 1 nitrogen and oxygen atoms in total. The molecule has 16 heavy (non-hydrogen) atoms. The summed E-state index contributed by atoms with van der Waals surface area (Å²) < 4.78 is 0. The number of aldehydes is 1. The van der Waals surface area contributed by atoms with Crippen LogP contribution in [0.3, 0.4) is 0 Å². The van der Waals surface area contributed by atoms with Gasteiger partial charge in [-0.25, -0.2) is 0 Å². The molecule has 0 saturated heterocycles. The molecule has 1 heteroatoms. The lowest BCUT2D eigenvalue weighted by atomic mass is 9.92. The first-order valence-electron chi connectivity index (χ1n) is 6.01. The molecule has 84 valence electrons. The van der Waals surface area contributed by atoms with Crippen LogP contribution < -0.4 is 0 Å². The van der Waals surface area contributed by atoms with Crippen LogP contribution >= 0.6 is 0 Å². The molecule has 0 amide bonds. The molecule has 0 radical (unpaired) electrons. The maximum atomic E-state index is 10.6. The van der Waals surface area contributed by atoms with Crippen LogP contribution in [-0.4, -0.2) is 6.29 Å². The number of hydrogen-bond acceptors (Lipinski definition) is 1. The lowest BCUT2D eigenvalue weighted by molar-refractivity contribution is -0.108. The van der Waals surface area contributed by atoms with Crippen molar-refractivity contribution < 1.29 is 4.79 Å². The van der Waals surface area contributed by atoms with Gasteiger partial charge in [0.05, 0.1) is 0 Å². The molecule has 1 aliphatic rings. The van der Waals surface area contributed by atoms with E-state index in [0.29, 0.717) is 12.3 Å². The maximum absolute atomic E-state index is 10.6. The average molecular weight is 214 g/mol. The van der Waals surface area contributed by atoms with Crippen molar-refractivity contribution in [2.24, 2.45) is 5.92 Å². The zero-order valence-electron chi connectivity index (χ0n) is 9.78. The number of allylic oxidation sites excluding steroid dienone is 2. The summed E-state index contributed by atoms with van der Waals surface area (Å²) in [6.45, 7) is 2.19. The van der Waals surface area contributed by atoms with Gasteiger partial charge in [-0.2, -0.15) is 0 Å². The zero-order chi connectivity index (χ0) is 11.4. The number of carbonyl (C=O) groups excluding carboxylic acids is 1. The fourth-order valence-corrected chi connectivity index (χ4v) is 2.66. The predicted octanol–water partition coefficient (Wildman–Crippen LogP) is 3.85. The van der Waals surface area contributed by atoms with Gasteiger partial charge < -0.3 is 4.79 Å². The van der Waals surface area contributed by atoms with E-state index in [1.54, 1.807) is 0 Å². The van der Waals surface area contributed by atoms with Gasteiger partial charge in [-0.05, 0) is 43.2 Å². The lowest BCUT2D eigenvalue weighted by Gasteiger charge is -2.13. The van der Waals surface area contributed by atoms with Crippen molar-refractivity contribution in [3.63, 3.8) is 0 Å². The molecule has 1 atom stereocenters. The first-order valence-corrected chi connectivity index (χ1v) is 6.01. The van der Waals surface area contributed by atoms with Crippen LogP contribution in [0.5, 0.6) is 0 Å². The second-order valence-electron chi connectivity index (χ2n) is 4.51. The normalized spacial score (nSPS) is 23.2. The first kappa shape index (κ1) is 11.1. The van der Waals surface area contributed by atoms with E-state index in [-0.39, 0.29) is 0 Å². The quantitative estimate of drug-likeness (QED) is 0.698. The maximum Gasteiger partial charge on any atom is 0.120 e. The summed E-state index contributed by atoms with van der Waals surface area (Å²) in [6.07, 6.45) is 5.34. The van der Waals surface area contributed by atoms with Crippen molar-refractivity contribution in [2.45, 2.75) is 32.6 Å². The summed E-state index contributed by atoms with van der Waals surface area (Å²) in [4.78, 5) is 10.6. The number of rotatable bonds is 3. The fourth-order valence-electron chi connectivity index (χ4n) is 2.66. The molecule has 0 aliphatic heterocycles. The van der Waals surface area contributed by atoms with Crippen molar-refractivity contribution in [1.29, 1.82) is 0 Å².